The zero-order valence-corrected chi connectivity index (χ0v) is 11.5. The summed E-state index contributed by atoms with van der Waals surface area (Å²) < 4.78 is 39.4. The number of halogens is 3. The van der Waals surface area contributed by atoms with Crippen molar-refractivity contribution in [3.8, 4) is 0 Å². The maximum Gasteiger partial charge on any atom is 0.254 e. The van der Waals surface area contributed by atoms with E-state index in [2.05, 4.69) is 4.90 Å². The maximum atomic E-state index is 13.2. The molecule has 110 valence electrons. The van der Waals surface area contributed by atoms with Crippen LogP contribution in [0.2, 0.25) is 0 Å². The van der Waals surface area contributed by atoms with E-state index in [4.69, 9.17) is 0 Å². The lowest BCUT2D eigenvalue weighted by atomic mass is 10.1. The molecule has 0 N–H and O–H groups in total. The van der Waals surface area contributed by atoms with E-state index >= 15 is 0 Å². The van der Waals surface area contributed by atoms with Crippen molar-refractivity contribution in [2.24, 2.45) is 0 Å². The molecule has 1 aliphatic rings. The largest absolute Gasteiger partial charge is 0.335 e. The summed E-state index contributed by atoms with van der Waals surface area (Å²) in [7, 11) is 1.96. The highest BCUT2D eigenvalue weighted by Crippen LogP contribution is 2.18. The smallest absolute Gasteiger partial charge is 0.254 e. The molecule has 1 saturated heterocycles. The van der Waals surface area contributed by atoms with Crippen LogP contribution in [0.15, 0.2) is 12.1 Å². The minimum Gasteiger partial charge on any atom is -0.335 e. The van der Waals surface area contributed by atoms with Crippen LogP contribution in [-0.4, -0.2) is 48.4 Å². The van der Waals surface area contributed by atoms with Crippen molar-refractivity contribution < 1.29 is 18.0 Å². The third kappa shape index (κ3) is 2.95. The van der Waals surface area contributed by atoms with Crippen molar-refractivity contribution in [1.29, 1.82) is 0 Å². The predicted molar refractivity (Wildman–Crippen MR) is 68.9 cm³/mol. The summed E-state index contributed by atoms with van der Waals surface area (Å²) >= 11 is 0. The fourth-order valence-corrected chi connectivity index (χ4v) is 2.52. The molecule has 1 aromatic rings. The molecule has 6 heteroatoms. The van der Waals surface area contributed by atoms with Crippen LogP contribution in [0.5, 0.6) is 0 Å². The van der Waals surface area contributed by atoms with Gasteiger partial charge >= 0.3 is 0 Å². The zero-order valence-electron chi connectivity index (χ0n) is 11.5. The van der Waals surface area contributed by atoms with Gasteiger partial charge in [0, 0.05) is 24.7 Å². The number of hydrogen-bond acceptors (Lipinski definition) is 2. The molecule has 1 fully saturated rings. The molecule has 20 heavy (non-hydrogen) atoms. The fourth-order valence-electron chi connectivity index (χ4n) is 2.52. The van der Waals surface area contributed by atoms with Gasteiger partial charge < -0.3 is 9.80 Å². The topological polar surface area (TPSA) is 23.6 Å². The Morgan fingerprint density at radius 2 is 1.80 bits per heavy atom. The third-order valence-electron chi connectivity index (χ3n) is 3.54. The van der Waals surface area contributed by atoms with Crippen LogP contribution in [0.25, 0.3) is 0 Å². The SMILES string of the molecule is CC1CN(C)CCCN1C(=O)c1cc(F)c(F)c(F)c1. The number of rotatable bonds is 1. The van der Waals surface area contributed by atoms with Crippen LogP contribution >= 0.6 is 0 Å². The molecule has 1 aromatic carbocycles. The molecule has 1 atom stereocenters. The van der Waals surface area contributed by atoms with Gasteiger partial charge in [0.2, 0.25) is 0 Å². The first-order valence-corrected chi connectivity index (χ1v) is 6.54. The van der Waals surface area contributed by atoms with Gasteiger partial charge in [-0.3, -0.25) is 4.79 Å². The Kier molecular flexibility index (Phi) is 4.32. The summed E-state index contributed by atoms with van der Waals surface area (Å²) in [6.07, 6.45) is 0.790. The summed E-state index contributed by atoms with van der Waals surface area (Å²) in [4.78, 5) is 16.0. The first-order chi connectivity index (χ1) is 9.40. The van der Waals surface area contributed by atoms with Crippen LogP contribution in [-0.2, 0) is 0 Å². The van der Waals surface area contributed by atoms with Gasteiger partial charge in [0.05, 0.1) is 0 Å². The van der Waals surface area contributed by atoms with Gasteiger partial charge in [0.25, 0.3) is 5.91 Å². The molecule has 0 aromatic heterocycles. The van der Waals surface area contributed by atoms with Crippen molar-refractivity contribution in [2.75, 3.05) is 26.7 Å². The zero-order chi connectivity index (χ0) is 14.9. The average Bonchev–Trinajstić information content (AvgIpc) is 2.55. The molecule has 0 spiro atoms. The quantitative estimate of drug-likeness (QED) is 0.739. The second-order valence-electron chi connectivity index (χ2n) is 5.22. The van der Waals surface area contributed by atoms with Crippen LogP contribution in [0.3, 0.4) is 0 Å². The van der Waals surface area contributed by atoms with Gasteiger partial charge in [0.1, 0.15) is 0 Å². The third-order valence-corrected chi connectivity index (χ3v) is 3.54. The van der Waals surface area contributed by atoms with Gasteiger partial charge in [-0.15, -0.1) is 0 Å². The average molecular weight is 286 g/mol. The standard InChI is InChI=1S/C14H17F3N2O/c1-9-8-18(2)4-3-5-19(9)14(20)10-6-11(15)13(17)12(16)7-10/h6-7,9H,3-5,8H2,1-2H3. The Balaban J connectivity index is 2.26. The summed E-state index contributed by atoms with van der Waals surface area (Å²) in [5, 5.41) is 0. The molecule has 3 nitrogen and oxygen atoms in total. The van der Waals surface area contributed by atoms with Crippen molar-refractivity contribution >= 4 is 5.91 Å². The predicted octanol–water partition coefficient (Wildman–Crippen LogP) is 2.27. The second-order valence-corrected chi connectivity index (χ2v) is 5.22. The van der Waals surface area contributed by atoms with Gasteiger partial charge in [-0.2, -0.15) is 0 Å². The van der Waals surface area contributed by atoms with E-state index in [0.717, 1.165) is 25.1 Å². The van der Waals surface area contributed by atoms with Gasteiger partial charge in [-0.1, -0.05) is 0 Å². The molecule has 0 bridgehead atoms. The highest BCUT2D eigenvalue weighted by atomic mass is 19.2. The van der Waals surface area contributed by atoms with E-state index < -0.39 is 23.4 Å². The molecule has 1 aliphatic heterocycles. The highest BCUT2D eigenvalue weighted by molar-refractivity contribution is 5.94. The summed E-state index contributed by atoms with van der Waals surface area (Å²) in [6.45, 7) is 3.96. The van der Waals surface area contributed by atoms with Crippen molar-refractivity contribution in [3.05, 3.63) is 35.1 Å². The van der Waals surface area contributed by atoms with Crippen LogP contribution < -0.4 is 0 Å². The Labute approximate surface area is 116 Å². The van der Waals surface area contributed by atoms with E-state index in [1.807, 2.05) is 14.0 Å². The molecule has 1 unspecified atom stereocenters. The number of hydrogen-bond donors (Lipinski definition) is 0. The van der Waals surface area contributed by atoms with Crippen LogP contribution in [0, 0.1) is 17.5 Å². The molecular formula is C14H17F3N2O. The summed E-state index contributed by atoms with van der Waals surface area (Å²) in [6, 6.07) is 1.44. The number of amides is 1. The number of likely N-dealkylation sites (N-methyl/N-ethyl adjacent to an activating group) is 1. The van der Waals surface area contributed by atoms with Gasteiger partial charge in [0.15, 0.2) is 17.5 Å². The van der Waals surface area contributed by atoms with E-state index in [9.17, 15) is 18.0 Å². The number of nitrogens with zero attached hydrogens (tertiary/aromatic N) is 2. The Bertz CT molecular complexity index is 498. The lowest BCUT2D eigenvalue weighted by Crippen LogP contribution is -2.42. The monoisotopic (exact) mass is 286 g/mol. The first-order valence-electron chi connectivity index (χ1n) is 6.54. The lowest BCUT2D eigenvalue weighted by molar-refractivity contribution is 0.0695. The van der Waals surface area contributed by atoms with Crippen molar-refractivity contribution in [2.45, 2.75) is 19.4 Å². The summed E-state index contributed by atoms with van der Waals surface area (Å²) in [5.74, 6) is -4.70. The number of benzene rings is 1. The molecule has 0 aliphatic carbocycles. The highest BCUT2D eigenvalue weighted by Gasteiger charge is 2.26. The van der Waals surface area contributed by atoms with Crippen LogP contribution in [0.4, 0.5) is 13.2 Å². The maximum absolute atomic E-state index is 13.2. The minimum atomic E-state index is -1.55. The first kappa shape index (κ1) is 14.8. The van der Waals surface area contributed by atoms with Crippen LogP contribution in [0.1, 0.15) is 23.7 Å². The van der Waals surface area contributed by atoms with Gasteiger partial charge in [-0.05, 0) is 39.1 Å². The Morgan fingerprint density at radius 1 is 1.20 bits per heavy atom. The normalized spacial score (nSPS) is 20.9. The van der Waals surface area contributed by atoms with E-state index in [1.54, 1.807) is 4.90 Å². The van der Waals surface area contributed by atoms with Crippen molar-refractivity contribution in [3.63, 3.8) is 0 Å². The minimum absolute atomic E-state index is 0.0637. The number of carbonyl (C=O) groups excluding carboxylic acids is 1. The Morgan fingerprint density at radius 3 is 2.40 bits per heavy atom. The Hall–Kier alpha value is -1.56. The van der Waals surface area contributed by atoms with E-state index in [1.165, 1.54) is 0 Å². The number of carbonyl (C=O) groups is 1. The van der Waals surface area contributed by atoms with E-state index in [-0.39, 0.29) is 11.6 Å². The molecule has 1 amide bonds. The van der Waals surface area contributed by atoms with Crippen molar-refractivity contribution in [1.82, 2.24) is 9.80 Å². The fraction of sp³-hybridized carbons (Fsp3) is 0.500. The molecule has 2 rings (SSSR count). The molecular weight excluding hydrogens is 269 g/mol. The second kappa shape index (κ2) is 5.83. The van der Waals surface area contributed by atoms with Gasteiger partial charge in [-0.25, -0.2) is 13.2 Å². The molecule has 1 heterocycles. The molecule has 0 radical (unpaired) electrons. The molecule has 0 saturated carbocycles. The van der Waals surface area contributed by atoms with E-state index in [0.29, 0.717) is 13.1 Å². The lowest BCUT2D eigenvalue weighted by Gasteiger charge is -2.28. The summed E-state index contributed by atoms with van der Waals surface area (Å²) in [5.41, 5.74) is -0.155.